The van der Waals surface area contributed by atoms with E-state index in [4.69, 9.17) is 86.0 Å². The second-order valence-corrected chi connectivity index (χ2v) is 14.2. The van der Waals surface area contributed by atoms with Gasteiger partial charge in [-0.05, 0) is 39.7 Å². The van der Waals surface area contributed by atoms with Gasteiger partial charge in [0.05, 0.1) is 51.6 Å². The van der Waals surface area contributed by atoms with Gasteiger partial charge in [-0.2, -0.15) is 0 Å². The van der Waals surface area contributed by atoms with E-state index in [1.54, 1.807) is 29.8 Å². The van der Waals surface area contributed by atoms with Crippen molar-refractivity contribution < 1.29 is 46.2 Å². The Morgan fingerprint density at radius 3 is 1.59 bits per heavy atom. The molecule has 18 heteroatoms. The van der Waals surface area contributed by atoms with Crippen molar-refractivity contribution in [3.8, 4) is 51.3 Å². The molecule has 13 nitrogen and oxygen atoms in total. The van der Waals surface area contributed by atoms with Gasteiger partial charge in [0.2, 0.25) is 0 Å². The average molecular weight is 875 g/mol. The van der Waals surface area contributed by atoms with Crippen molar-refractivity contribution in [1.82, 2.24) is 34.9 Å². The van der Waals surface area contributed by atoms with E-state index in [9.17, 15) is 19.8 Å². The van der Waals surface area contributed by atoms with Crippen LogP contribution in [0.1, 0.15) is 12.8 Å². The van der Waals surface area contributed by atoms with Crippen LogP contribution in [0.3, 0.4) is 0 Å². The number of aromatic nitrogens is 8. The second-order valence-electron chi connectivity index (χ2n) is 12.7. The van der Waals surface area contributed by atoms with Crippen LogP contribution >= 0.6 is 46.4 Å². The molecule has 0 aliphatic carbocycles. The van der Waals surface area contributed by atoms with Crippen LogP contribution in [0.2, 0.25) is 20.1 Å². The van der Waals surface area contributed by atoms with Crippen molar-refractivity contribution >= 4 is 102 Å². The molecule has 4 aromatic carbocycles. The Morgan fingerprint density at radius 2 is 1.09 bits per heavy atom. The molecule has 7 aromatic rings. The molecule has 0 fully saturated rings. The molecule has 5 heterocycles. The zero-order chi connectivity index (χ0) is 38.3. The van der Waals surface area contributed by atoms with E-state index in [-0.39, 0.29) is 60.0 Å². The summed E-state index contributed by atoms with van der Waals surface area (Å²) < 4.78 is 7.59. The van der Waals surface area contributed by atoms with Crippen molar-refractivity contribution in [3.63, 3.8) is 0 Å². The predicted molar refractivity (Wildman–Crippen MR) is 206 cm³/mol. The van der Waals surface area contributed by atoms with Gasteiger partial charge in [-0.25, -0.2) is 4.98 Å². The summed E-state index contributed by atoms with van der Waals surface area (Å²) in [6.07, 6.45) is -2.24. The standard InChI is InChI=1S/C38H22Cl4N8O5.Cu/c1-50-37-25-26(28(40)30(42)29(41)27(25)39)38(50)49-36-22-12-15(55-16(13-23(51)52)14-24(53)54)10-11-21(22)34(47-36)45-32-18-7-3-2-6-17(18)31(43-32)44-33-19-8-4-5-9-20(19)35(46-33)48-37;/h2-12,16H,13-14H2,1H3,(H3,43,44,45,46,47,48,49,51,52,53,54);/q;+2/p-1. The number of carbonyl (C=O) groups is 2. The SMILES string of the molecule is C[n+]1c2nc3[n-]c(nc4nc(nc5[n-]c(nc1-c1c(Cl)c(Cl)c(Cl)c(Cl)c1-2)c1cc(OC(CC(=O)O)CC(=O)O)ccc51)-c1ccccc1-4)c1ccccc31.[Cu+2]. The van der Waals surface area contributed by atoms with E-state index in [0.717, 1.165) is 16.5 Å². The minimum atomic E-state index is -1.21. The number of fused-ring (bicyclic) bond motifs is 20. The molecular formula is C38H21Cl4CuN8O5+. The summed E-state index contributed by atoms with van der Waals surface area (Å²) in [6.45, 7) is 0. The zero-order valence-electron chi connectivity index (χ0n) is 28.4. The third kappa shape index (κ3) is 6.19. The first-order valence-electron chi connectivity index (χ1n) is 16.5. The molecule has 8 bridgehead atoms. The Morgan fingerprint density at radius 1 is 0.643 bits per heavy atom. The van der Waals surface area contributed by atoms with Crippen molar-refractivity contribution in [2.45, 2.75) is 18.9 Å². The Hall–Kier alpha value is -5.34. The van der Waals surface area contributed by atoms with Crippen molar-refractivity contribution in [1.29, 1.82) is 0 Å². The van der Waals surface area contributed by atoms with Gasteiger partial charge in [-0.1, -0.05) is 94.9 Å². The van der Waals surface area contributed by atoms with E-state index in [0.29, 0.717) is 56.1 Å². The molecule has 281 valence electrons. The molecular weight excluding hydrogens is 854 g/mol. The van der Waals surface area contributed by atoms with Gasteiger partial charge < -0.3 is 44.9 Å². The van der Waals surface area contributed by atoms with Crippen molar-refractivity contribution in [3.05, 3.63) is 86.8 Å². The number of aliphatic carboxylic acids is 2. The molecule has 0 atom stereocenters. The third-order valence-electron chi connectivity index (χ3n) is 9.23. The van der Waals surface area contributed by atoms with Gasteiger partial charge >= 0.3 is 29.0 Å². The van der Waals surface area contributed by atoms with E-state index in [1.807, 2.05) is 48.5 Å². The van der Waals surface area contributed by atoms with Gasteiger partial charge in [-0.3, -0.25) is 14.2 Å². The summed E-state index contributed by atoms with van der Waals surface area (Å²) in [4.78, 5) is 57.6. The summed E-state index contributed by atoms with van der Waals surface area (Å²) in [5, 5.41) is 21.5. The quantitative estimate of drug-likeness (QED) is 0.0716. The van der Waals surface area contributed by atoms with Crippen LogP contribution in [0.5, 0.6) is 5.75 Å². The number of halogens is 4. The molecule has 2 aliphatic heterocycles. The first-order valence-corrected chi connectivity index (χ1v) is 18.0. The van der Waals surface area contributed by atoms with E-state index in [2.05, 4.69) is 0 Å². The van der Waals surface area contributed by atoms with Crippen LogP contribution in [0.25, 0.3) is 89.7 Å². The Labute approximate surface area is 345 Å². The van der Waals surface area contributed by atoms with Crippen LogP contribution in [-0.2, 0) is 33.7 Å². The van der Waals surface area contributed by atoms with Crippen molar-refractivity contribution in [2.75, 3.05) is 0 Å². The molecule has 9 rings (SSSR count). The van der Waals surface area contributed by atoms with Gasteiger partial charge in [-0.15, -0.1) is 0 Å². The number of carboxylic acids is 2. The summed E-state index contributed by atoms with van der Waals surface area (Å²) in [7, 11) is 1.72. The van der Waals surface area contributed by atoms with Crippen LogP contribution in [0.15, 0.2) is 66.7 Å². The van der Waals surface area contributed by atoms with Crippen molar-refractivity contribution in [2.24, 2.45) is 7.05 Å². The Kier molecular flexibility index (Phi) is 9.60. The minimum Gasteiger partial charge on any atom is -0.489 e. The van der Waals surface area contributed by atoms with Gasteiger partial charge in [0, 0.05) is 44.8 Å². The summed E-state index contributed by atoms with van der Waals surface area (Å²) >= 11 is 27.1. The number of nitrogens with zero attached hydrogens (tertiary/aromatic N) is 8. The van der Waals surface area contributed by atoms with Gasteiger partial charge in [0.25, 0.3) is 0 Å². The fourth-order valence-electron chi connectivity index (χ4n) is 6.78. The molecule has 0 amide bonds. The van der Waals surface area contributed by atoms with E-state index >= 15 is 0 Å². The zero-order valence-corrected chi connectivity index (χ0v) is 32.3. The molecule has 0 saturated heterocycles. The molecule has 0 spiro atoms. The largest absolute Gasteiger partial charge is 2.00 e. The minimum absolute atomic E-state index is 0. The smallest absolute Gasteiger partial charge is 0.489 e. The molecule has 56 heavy (non-hydrogen) atoms. The first-order chi connectivity index (χ1) is 26.5. The van der Waals surface area contributed by atoms with Crippen LogP contribution in [-0.4, -0.2) is 53.2 Å². The van der Waals surface area contributed by atoms with E-state index in [1.165, 1.54) is 0 Å². The summed E-state index contributed by atoms with van der Waals surface area (Å²) in [6, 6.07) is 20.0. The molecule has 0 saturated carbocycles. The molecule has 2 N–H and O–H groups in total. The normalized spacial score (nSPS) is 11.8. The maximum atomic E-state index is 11.6. The monoisotopic (exact) mass is 872 g/mol. The molecule has 0 unspecified atom stereocenters. The maximum Gasteiger partial charge on any atom is 2.00 e. The first kappa shape index (κ1) is 37.6. The third-order valence-corrected chi connectivity index (χ3v) is 11.0. The van der Waals surface area contributed by atoms with Crippen LogP contribution < -0.4 is 19.3 Å². The number of hydrogen-bond acceptors (Lipinski definition) is 8. The second kappa shape index (κ2) is 14.3. The number of hydrogen-bond donors (Lipinski definition) is 2. The van der Waals surface area contributed by atoms with Crippen LogP contribution in [0.4, 0.5) is 0 Å². The number of rotatable bonds is 6. The number of ether oxygens (including phenoxy) is 1. The number of benzene rings is 4. The summed E-state index contributed by atoms with van der Waals surface area (Å²) in [5.41, 5.74) is 3.30. The van der Waals surface area contributed by atoms with E-state index < -0.39 is 30.9 Å². The average Bonchev–Trinajstić information content (AvgIpc) is 3.87. The Bertz CT molecular complexity index is 3010. The van der Waals surface area contributed by atoms with Crippen LogP contribution in [0, 0.1) is 0 Å². The maximum absolute atomic E-state index is 11.6. The fraction of sp³-hybridized carbons (Fsp3) is 0.105. The molecule has 1 radical (unpaired) electrons. The summed E-state index contributed by atoms with van der Waals surface area (Å²) in [5.74, 6) is -0.926. The molecule has 3 aromatic heterocycles. The van der Waals surface area contributed by atoms with Gasteiger partial charge in [0.15, 0.2) is 0 Å². The van der Waals surface area contributed by atoms with Gasteiger partial charge in [0.1, 0.15) is 23.5 Å². The fourth-order valence-corrected chi connectivity index (χ4v) is 7.81. The number of carboxylic acid groups (broad SMARTS) is 2. The Balaban J connectivity index is 0.00000441. The molecule has 2 aliphatic rings. The topological polar surface area (TPSA) is 180 Å². The predicted octanol–water partition coefficient (Wildman–Crippen LogP) is 7.86.